The lowest BCUT2D eigenvalue weighted by Gasteiger charge is -2.21. The second-order valence-corrected chi connectivity index (χ2v) is 3.12. The Morgan fingerprint density at radius 2 is 2.53 bits per heavy atom. The SMILES string of the molecule is Nc1cn[nH]c1NC(=O)C1COCCO1. The number of carbonyl (C=O) groups excluding carboxylic acids is 1. The van der Waals surface area contributed by atoms with Crippen LogP contribution in [0, 0.1) is 0 Å². The average molecular weight is 212 g/mol. The molecular formula is C8H12N4O3. The van der Waals surface area contributed by atoms with E-state index in [0.29, 0.717) is 24.7 Å². The molecule has 1 atom stereocenters. The van der Waals surface area contributed by atoms with Gasteiger partial charge in [0.25, 0.3) is 5.91 Å². The quantitative estimate of drug-likeness (QED) is 0.604. The Morgan fingerprint density at radius 3 is 3.13 bits per heavy atom. The van der Waals surface area contributed by atoms with E-state index in [-0.39, 0.29) is 12.5 Å². The number of nitrogen functional groups attached to an aromatic ring is 1. The number of nitrogens with one attached hydrogen (secondary N) is 2. The van der Waals surface area contributed by atoms with E-state index in [2.05, 4.69) is 15.5 Å². The smallest absolute Gasteiger partial charge is 0.257 e. The highest BCUT2D eigenvalue weighted by molar-refractivity contribution is 5.95. The number of nitrogens with two attached hydrogens (primary N) is 1. The molecule has 0 spiro atoms. The van der Waals surface area contributed by atoms with Gasteiger partial charge in [-0.15, -0.1) is 0 Å². The highest BCUT2D eigenvalue weighted by Gasteiger charge is 2.23. The molecule has 82 valence electrons. The van der Waals surface area contributed by atoms with Crippen molar-refractivity contribution in [3.8, 4) is 0 Å². The van der Waals surface area contributed by atoms with Crippen LogP contribution in [0.15, 0.2) is 6.20 Å². The Kier molecular flexibility index (Phi) is 2.84. The third-order valence-corrected chi connectivity index (χ3v) is 2.03. The predicted molar refractivity (Wildman–Crippen MR) is 52.2 cm³/mol. The van der Waals surface area contributed by atoms with Crippen LogP contribution in [0.25, 0.3) is 0 Å². The Balaban J connectivity index is 1.94. The van der Waals surface area contributed by atoms with Crippen molar-refractivity contribution in [3.63, 3.8) is 0 Å². The number of amides is 1. The Labute approximate surface area is 85.9 Å². The molecule has 1 unspecified atom stereocenters. The van der Waals surface area contributed by atoms with Crippen LogP contribution >= 0.6 is 0 Å². The summed E-state index contributed by atoms with van der Waals surface area (Å²) in [7, 11) is 0. The van der Waals surface area contributed by atoms with Crippen LogP contribution in [0.5, 0.6) is 0 Å². The van der Waals surface area contributed by atoms with Crippen molar-refractivity contribution in [2.45, 2.75) is 6.10 Å². The van der Waals surface area contributed by atoms with E-state index in [1.807, 2.05) is 0 Å². The molecule has 1 fully saturated rings. The van der Waals surface area contributed by atoms with Gasteiger partial charge in [0.15, 0.2) is 11.9 Å². The number of nitrogens with zero attached hydrogens (tertiary/aromatic N) is 1. The summed E-state index contributed by atoms with van der Waals surface area (Å²) in [6.07, 6.45) is 0.842. The third kappa shape index (κ3) is 2.25. The molecule has 1 amide bonds. The Bertz CT molecular complexity index is 345. The maximum Gasteiger partial charge on any atom is 0.257 e. The predicted octanol–water partition coefficient (Wildman–Crippen LogP) is -0.654. The highest BCUT2D eigenvalue weighted by atomic mass is 16.6. The molecule has 7 heteroatoms. The maximum absolute atomic E-state index is 11.6. The number of rotatable bonds is 2. The van der Waals surface area contributed by atoms with E-state index in [1.165, 1.54) is 6.20 Å². The molecule has 1 aliphatic rings. The molecule has 1 aromatic heterocycles. The molecule has 4 N–H and O–H groups in total. The molecule has 1 aliphatic heterocycles. The first-order valence-corrected chi connectivity index (χ1v) is 4.56. The van der Waals surface area contributed by atoms with Crippen LogP contribution in [0.1, 0.15) is 0 Å². The number of aromatic nitrogens is 2. The van der Waals surface area contributed by atoms with Gasteiger partial charge in [-0.25, -0.2) is 0 Å². The normalized spacial score (nSPS) is 21.2. The first-order chi connectivity index (χ1) is 7.27. The lowest BCUT2D eigenvalue weighted by Crippen LogP contribution is -2.39. The number of hydrogen-bond donors (Lipinski definition) is 3. The van der Waals surface area contributed by atoms with E-state index in [0.717, 1.165) is 0 Å². The number of aromatic amines is 1. The van der Waals surface area contributed by atoms with Crippen LogP contribution in [0.3, 0.4) is 0 Å². The van der Waals surface area contributed by atoms with Gasteiger partial charge in [0.1, 0.15) is 0 Å². The van der Waals surface area contributed by atoms with Crippen molar-refractivity contribution in [1.82, 2.24) is 10.2 Å². The van der Waals surface area contributed by atoms with Gasteiger partial charge in [0.2, 0.25) is 0 Å². The van der Waals surface area contributed by atoms with Crippen molar-refractivity contribution in [2.24, 2.45) is 0 Å². The van der Waals surface area contributed by atoms with Crippen LogP contribution < -0.4 is 11.1 Å². The Morgan fingerprint density at radius 1 is 1.67 bits per heavy atom. The lowest BCUT2D eigenvalue weighted by molar-refractivity contribution is -0.142. The van der Waals surface area contributed by atoms with Crippen molar-refractivity contribution < 1.29 is 14.3 Å². The number of ether oxygens (including phenoxy) is 2. The minimum absolute atomic E-state index is 0.264. The number of H-pyrrole nitrogens is 1. The van der Waals surface area contributed by atoms with Gasteiger partial charge >= 0.3 is 0 Å². The monoisotopic (exact) mass is 212 g/mol. The minimum Gasteiger partial charge on any atom is -0.394 e. The molecule has 1 aromatic rings. The van der Waals surface area contributed by atoms with Crippen LogP contribution in [0.2, 0.25) is 0 Å². The van der Waals surface area contributed by atoms with Crippen LogP contribution in [-0.4, -0.2) is 42.0 Å². The fraction of sp³-hybridized carbons (Fsp3) is 0.500. The molecule has 2 rings (SSSR count). The molecule has 0 radical (unpaired) electrons. The zero-order chi connectivity index (χ0) is 10.7. The van der Waals surface area contributed by atoms with Gasteiger partial charge in [-0.3, -0.25) is 9.89 Å². The summed E-state index contributed by atoms with van der Waals surface area (Å²) >= 11 is 0. The van der Waals surface area contributed by atoms with E-state index >= 15 is 0 Å². The fourth-order valence-electron chi connectivity index (χ4n) is 1.24. The number of hydrogen-bond acceptors (Lipinski definition) is 5. The molecule has 2 heterocycles. The largest absolute Gasteiger partial charge is 0.394 e. The Hall–Kier alpha value is -1.60. The molecule has 15 heavy (non-hydrogen) atoms. The second kappa shape index (κ2) is 4.28. The van der Waals surface area contributed by atoms with Gasteiger partial charge in [0, 0.05) is 0 Å². The van der Waals surface area contributed by atoms with Crippen LogP contribution in [-0.2, 0) is 14.3 Å². The third-order valence-electron chi connectivity index (χ3n) is 2.03. The molecule has 0 aliphatic carbocycles. The van der Waals surface area contributed by atoms with Crippen molar-refractivity contribution in [2.75, 3.05) is 30.9 Å². The first kappa shape index (κ1) is 9.94. The van der Waals surface area contributed by atoms with Gasteiger partial charge in [0.05, 0.1) is 31.7 Å². The van der Waals surface area contributed by atoms with Crippen molar-refractivity contribution >= 4 is 17.4 Å². The topological polar surface area (TPSA) is 102 Å². The van der Waals surface area contributed by atoms with E-state index < -0.39 is 6.10 Å². The zero-order valence-corrected chi connectivity index (χ0v) is 8.03. The maximum atomic E-state index is 11.6. The van der Waals surface area contributed by atoms with Gasteiger partial charge in [-0.2, -0.15) is 5.10 Å². The number of anilines is 2. The summed E-state index contributed by atoms with van der Waals surface area (Å²) in [5, 5.41) is 8.83. The van der Waals surface area contributed by atoms with E-state index in [4.69, 9.17) is 15.2 Å². The highest BCUT2D eigenvalue weighted by Crippen LogP contribution is 2.13. The molecule has 0 bridgehead atoms. The molecule has 1 saturated heterocycles. The van der Waals surface area contributed by atoms with Gasteiger partial charge < -0.3 is 20.5 Å². The molecular weight excluding hydrogens is 200 g/mol. The fourth-order valence-corrected chi connectivity index (χ4v) is 1.24. The molecule has 0 aromatic carbocycles. The molecule has 7 nitrogen and oxygen atoms in total. The standard InChI is InChI=1S/C8H12N4O3/c9-5-3-10-12-7(5)11-8(13)6-4-14-1-2-15-6/h3,6H,1-2,4,9H2,(H2,10,11,12,13). The van der Waals surface area contributed by atoms with Crippen LogP contribution in [0.4, 0.5) is 11.5 Å². The summed E-state index contributed by atoms with van der Waals surface area (Å²) in [6.45, 7) is 1.21. The lowest BCUT2D eigenvalue weighted by atomic mass is 10.3. The summed E-state index contributed by atoms with van der Waals surface area (Å²) in [5.74, 6) is 0.0971. The van der Waals surface area contributed by atoms with Crippen molar-refractivity contribution in [3.05, 3.63) is 6.20 Å². The van der Waals surface area contributed by atoms with E-state index in [9.17, 15) is 4.79 Å². The first-order valence-electron chi connectivity index (χ1n) is 4.56. The average Bonchev–Trinajstić information content (AvgIpc) is 2.66. The summed E-state index contributed by atoms with van der Waals surface area (Å²) in [6, 6.07) is 0. The zero-order valence-electron chi connectivity index (χ0n) is 8.03. The van der Waals surface area contributed by atoms with E-state index in [1.54, 1.807) is 0 Å². The number of carbonyl (C=O) groups is 1. The van der Waals surface area contributed by atoms with Crippen molar-refractivity contribution in [1.29, 1.82) is 0 Å². The second-order valence-electron chi connectivity index (χ2n) is 3.12. The summed E-state index contributed by atoms with van der Waals surface area (Å²) in [4.78, 5) is 11.6. The van der Waals surface area contributed by atoms with Gasteiger partial charge in [-0.1, -0.05) is 0 Å². The molecule has 0 saturated carbocycles. The summed E-state index contributed by atoms with van der Waals surface area (Å²) in [5.41, 5.74) is 5.93. The minimum atomic E-state index is -0.582. The van der Waals surface area contributed by atoms with Gasteiger partial charge in [-0.05, 0) is 0 Å². The summed E-state index contributed by atoms with van der Waals surface area (Å²) < 4.78 is 10.3.